The Bertz CT molecular complexity index is 607. The van der Waals surface area contributed by atoms with Gasteiger partial charge < -0.3 is 14.9 Å². The number of nitrogens with zero attached hydrogens (tertiary/aromatic N) is 2. The van der Waals surface area contributed by atoms with Crippen LogP contribution in [0.1, 0.15) is 11.1 Å². The molecule has 0 saturated carbocycles. The average molecular weight is 276 g/mol. The first-order valence-corrected chi connectivity index (χ1v) is 6.05. The second-order valence-electron chi connectivity index (χ2n) is 4.38. The second-order valence-corrected chi connectivity index (χ2v) is 4.38. The number of ether oxygens (including phenoxy) is 1. The molecule has 0 aliphatic carbocycles. The molecule has 0 fully saturated rings. The standard InChI is InChI=1S/C14H16N2O4/c1-10-8-12(17)16(13(10)18)15(2)14(19)20-9-11-6-4-3-5-7-11/h3-8,17-18H,9H2,1-2H3. The Kier molecular flexibility index (Phi) is 3.84. The maximum Gasteiger partial charge on any atom is 0.429 e. The summed E-state index contributed by atoms with van der Waals surface area (Å²) in [5, 5.41) is 20.4. The number of rotatable bonds is 3. The van der Waals surface area contributed by atoms with Crippen molar-refractivity contribution >= 4 is 6.09 Å². The normalized spacial score (nSPS) is 10.3. The summed E-state index contributed by atoms with van der Waals surface area (Å²) in [6, 6.07) is 10.6. The van der Waals surface area contributed by atoms with E-state index in [4.69, 9.17) is 4.74 Å². The average Bonchev–Trinajstić information content (AvgIpc) is 2.70. The molecule has 0 radical (unpaired) electrons. The van der Waals surface area contributed by atoms with Gasteiger partial charge in [0.1, 0.15) is 6.61 Å². The SMILES string of the molecule is Cc1cc(O)n(N(C)C(=O)OCc2ccccc2)c1O. The summed E-state index contributed by atoms with van der Waals surface area (Å²) in [7, 11) is 1.40. The molecule has 2 rings (SSSR count). The molecule has 2 aromatic rings. The summed E-state index contributed by atoms with van der Waals surface area (Å²) >= 11 is 0. The molecular weight excluding hydrogens is 260 g/mol. The van der Waals surface area contributed by atoms with Gasteiger partial charge in [0.25, 0.3) is 0 Å². The highest BCUT2D eigenvalue weighted by atomic mass is 16.6. The molecule has 0 bridgehead atoms. The molecule has 6 nitrogen and oxygen atoms in total. The lowest BCUT2D eigenvalue weighted by molar-refractivity contribution is 0.140. The maximum absolute atomic E-state index is 11.9. The van der Waals surface area contributed by atoms with Gasteiger partial charge in [-0.25, -0.2) is 9.80 Å². The molecule has 6 heteroatoms. The Morgan fingerprint density at radius 2 is 1.95 bits per heavy atom. The van der Waals surface area contributed by atoms with Crippen LogP contribution in [0.15, 0.2) is 36.4 Å². The lowest BCUT2D eigenvalue weighted by Crippen LogP contribution is -2.36. The highest BCUT2D eigenvalue weighted by Gasteiger charge is 2.20. The van der Waals surface area contributed by atoms with E-state index in [1.807, 2.05) is 30.3 Å². The Labute approximate surface area is 116 Å². The van der Waals surface area contributed by atoms with Crippen molar-refractivity contribution in [2.45, 2.75) is 13.5 Å². The molecule has 0 saturated heterocycles. The van der Waals surface area contributed by atoms with Gasteiger partial charge in [0.2, 0.25) is 11.8 Å². The van der Waals surface area contributed by atoms with Gasteiger partial charge >= 0.3 is 6.09 Å². The van der Waals surface area contributed by atoms with Gasteiger partial charge in [-0.05, 0) is 12.5 Å². The van der Waals surface area contributed by atoms with E-state index < -0.39 is 6.09 Å². The van der Waals surface area contributed by atoms with Crippen LogP contribution in [-0.4, -0.2) is 28.0 Å². The van der Waals surface area contributed by atoms with Crippen LogP contribution in [0.2, 0.25) is 0 Å². The number of hydrogen-bond donors (Lipinski definition) is 2. The van der Waals surface area contributed by atoms with Crippen LogP contribution in [0.5, 0.6) is 11.8 Å². The molecule has 1 heterocycles. The van der Waals surface area contributed by atoms with Crippen LogP contribution >= 0.6 is 0 Å². The van der Waals surface area contributed by atoms with Crippen molar-refractivity contribution in [2.24, 2.45) is 0 Å². The lowest BCUT2D eigenvalue weighted by Gasteiger charge is -2.19. The number of carbonyl (C=O) groups is 1. The summed E-state index contributed by atoms with van der Waals surface area (Å²) in [6.07, 6.45) is -0.685. The van der Waals surface area contributed by atoms with Crippen molar-refractivity contribution in [3.63, 3.8) is 0 Å². The third kappa shape index (κ3) is 2.69. The van der Waals surface area contributed by atoms with Crippen LogP contribution < -0.4 is 5.01 Å². The van der Waals surface area contributed by atoms with Gasteiger partial charge in [-0.15, -0.1) is 0 Å². The molecule has 0 aliphatic rings. The summed E-state index contributed by atoms with van der Waals surface area (Å²) in [4.78, 5) is 11.9. The molecule has 20 heavy (non-hydrogen) atoms. The Hall–Kier alpha value is -2.63. The van der Waals surface area contributed by atoms with Crippen molar-refractivity contribution in [3.8, 4) is 11.8 Å². The van der Waals surface area contributed by atoms with Gasteiger partial charge in [-0.2, -0.15) is 4.68 Å². The zero-order chi connectivity index (χ0) is 14.7. The van der Waals surface area contributed by atoms with Crippen molar-refractivity contribution in [1.82, 2.24) is 4.68 Å². The number of aromatic nitrogens is 1. The fourth-order valence-corrected chi connectivity index (χ4v) is 1.79. The molecule has 1 aromatic carbocycles. The van der Waals surface area contributed by atoms with Crippen LogP contribution in [0.25, 0.3) is 0 Å². The molecule has 0 unspecified atom stereocenters. The van der Waals surface area contributed by atoms with Crippen LogP contribution in [0.3, 0.4) is 0 Å². The van der Waals surface area contributed by atoms with E-state index in [1.54, 1.807) is 6.92 Å². The van der Waals surface area contributed by atoms with Crippen LogP contribution in [0, 0.1) is 6.92 Å². The van der Waals surface area contributed by atoms with Gasteiger partial charge in [-0.3, -0.25) is 0 Å². The third-order valence-corrected chi connectivity index (χ3v) is 2.89. The second kappa shape index (κ2) is 5.56. The summed E-state index contributed by atoms with van der Waals surface area (Å²) in [5.74, 6) is -0.444. The van der Waals surface area contributed by atoms with E-state index in [1.165, 1.54) is 13.1 Å². The zero-order valence-electron chi connectivity index (χ0n) is 11.3. The quantitative estimate of drug-likeness (QED) is 0.900. The fraction of sp³-hybridized carbons (Fsp3) is 0.214. The highest BCUT2D eigenvalue weighted by Crippen LogP contribution is 2.26. The van der Waals surface area contributed by atoms with Crippen molar-refractivity contribution in [3.05, 3.63) is 47.5 Å². The van der Waals surface area contributed by atoms with E-state index >= 15 is 0 Å². The first-order valence-electron chi connectivity index (χ1n) is 6.05. The van der Waals surface area contributed by atoms with E-state index in [0.717, 1.165) is 15.2 Å². The number of amides is 1. The molecule has 1 amide bonds. The molecule has 0 atom stereocenters. The minimum atomic E-state index is -0.685. The monoisotopic (exact) mass is 276 g/mol. The Morgan fingerprint density at radius 1 is 1.30 bits per heavy atom. The summed E-state index contributed by atoms with van der Waals surface area (Å²) < 4.78 is 6.08. The van der Waals surface area contributed by atoms with Gasteiger partial charge in [0, 0.05) is 18.7 Å². The summed E-state index contributed by atoms with van der Waals surface area (Å²) in [6.45, 7) is 1.74. The van der Waals surface area contributed by atoms with Gasteiger partial charge in [0.05, 0.1) is 0 Å². The molecule has 2 N–H and O–H groups in total. The summed E-state index contributed by atoms with van der Waals surface area (Å²) in [5.41, 5.74) is 1.32. The smallest absolute Gasteiger partial charge is 0.429 e. The number of aromatic hydroxyl groups is 2. The highest BCUT2D eigenvalue weighted by molar-refractivity contribution is 5.78. The van der Waals surface area contributed by atoms with E-state index in [-0.39, 0.29) is 18.4 Å². The van der Waals surface area contributed by atoms with Gasteiger partial charge in [0.15, 0.2) is 0 Å². The molecule has 1 aromatic heterocycles. The number of carbonyl (C=O) groups excluding carboxylic acids is 1. The Balaban J connectivity index is 2.05. The van der Waals surface area contributed by atoms with Crippen LogP contribution in [0.4, 0.5) is 4.79 Å². The fourth-order valence-electron chi connectivity index (χ4n) is 1.79. The topological polar surface area (TPSA) is 74.9 Å². The van der Waals surface area contributed by atoms with Crippen molar-refractivity contribution < 1.29 is 19.7 Å². The maximum atomic E-state index is 11.9. The molecule has 0 aliphatic heterocycles. The Morgan fingerprint density at radius 3 is 2.50 bits per heavy atom. The minimum absolute atomic E-state index is 0.117. The van der Waals surface area contributed by atoms with Crippen LogP contribution in [-0.2, 0) is 11.3 Å². The number of aryl methyl sites for hydroxylation is 1. The molecule has 0 spiro atoms. The van der Waals surface area contributed by atoms with Crippen molar-refractivity contribution in [2.75, 3.05) is 12.1 Å². The van der Waals surface area contributed by atoms with E-state index in [2.05, 4.69) is 0 Å². The largest absolute Gasteiger partial charge is 0.493 e. The number of benzene rings is 1. The predicted molar refractivity (Wildman–Crippen MR) is 73.3 cm³/mol. The molecular formula is C14H16N2O4. The van der Waals surface area contributed by atoms with E-state index in [0.29, 0.717) is 5.56 Å². The predicted octanol–water partition coefficient (Wildman–Crippen LogP) is 2.11. The third-order valence-electron chi connectivity index (χ3n) is 2.89. The zero-order valence-corrected chi connectivity index (χ0v) is 11.3. The first kappa shape index (κ1) is 13.8. The van der Waals surface area contributed by atoms with E-state index in [9.17, 15) is 15.0 Å². The van der Waals surface area contributed by atoms with Crippen molar-refractivity contribution in [1.29, 1.82) is 0 Å². The molecule has 106 valence electrons. The first-order chi connectivity index (χ1) is 9.50. The minimum Gasteiger partial charge on any atom is -0.493 e. The lowest BCUT2D eigenvalue weighted by atomic mass is 10.2. The number of hydrogen-bond acceptors (Lipinski definition) is 4. The van der Waals surface area contributed by atoms with Gasteiger partial charge in [-0.1, -0.05) is 30.3 Å².